The van der Waals surface area contributed by atoms with Gasteiger partial charge < -0.3 is 11.1 Å². The van der Waals surface area contributed by atoms with Gasteiger partial charge in [0.05, 0.1) is 0 Å². The van der Waals surface area contributed by atoms with Crippen LogP contribution in [0.25, 0.3) is 0 Å². The van der Waals surface area contributed by atoms with Gasteiger partial charge in [0.25, 0.3) is 0 Å². The maximum atomic E-state index is 5.36. The van der Waals surface area contributed by atoms with Gasteiger partial charge in [0, 0.05) is 5.54 Å². The van der Waals surface area contributed by atoms with E-state index < -0.39 is 0 Å². The molecule has 0 atom stereocenters. The summed E-state index contributed by atoms with van der Waals surface area (Å²) in [6.45, 7) is 4.29. The molecule has 0 amide bonds. The monoisotopic (exact) mass is 158 g/mol. The standard InChI is InChI=1S/C7H14N2S/c1-7(2,5-3-4-5)9-6(8)10/h5H,3-4H2,1-2H3,(H3,8,9,10). The summed E-state index contributed by atoms with van der Waals surface area (Å²) in [6, 6.07) is 0. The number of nitrogens with one attached hydrogen (secondary N) is 1. The Morgan fingerprint density at radius 3 is 2.40 bits per heavy atom. The second-order valence-corrected chi connectivity index (χ2v) is 3.93. The fraction of sp³-hybridized carbons (Fsp3) is 0.857. The summed E-state index contributed by atoms with van der Waals surface area (Å²) < 4.78 is 0. The molecule has 0 heterocycles. The molecule has 2 nitrogen and oxygen atoms in total. The van der Waals surface area contributed by atoms with Crippen LogP contribution in [0.15, 0.2) is 0 Å². The lowest BCUT2D eigenvalue weighted by molar-refractivity contribution is 0.403. The number of rotatable bonds is 2. The lowest BCUT2D eigenvalue weighted by Gasteiger charge is -2.26. The van der Waals surface area contributed by atoms with Crippen LogP contribution in [0.1, 0.15) is 26.7 Å². The molecule has 0 aromatic rings. The first-order chi connectivity index (χ1) is 4.52. The van der Waals surface area contributed by atoms with E-state index in [9.17, 15) is 0 Å². The molecule has 1 rings (SSSR count). The van der Waals surface area contributed by atoms with Crippen molar-refractivity contribution in [2.24, 2.45) is 11.7 Å². The van der Waals surface area contributed by atoms with Gasteiger partial charge in [-0.15, -0.1) is 0 Å². The molecule has 1 saturated carbocycles. The van der Waals surface area contributed by atoms with E-state index in [-0.39, 0.29) is 5.54 Å². The van der Waals surface area contributed by atoms with E-state index in [0.29, 0.717) is 5.11 Å². The zero-order valence-electron chi connectivity index (χ0n) is 6.48. The van der Waals surface area contributed by atoms with Crippen LogP contribution in [0.5, 0.6) is 0 Å². The van der Waals surface area contributed by atoms with Crippen molar-refractivity contribution in [1.29, 1.82) is 0 Å². The molecule has 0 bridgehead atoms. The summed E-state index contributed by atoms with van der Waals surface area (Å²) in [4.78, 5) is 0. The Bertz CT molecular complexity index is 150. The Labute approximate surface area is 67.2 Å². The molecular weight excluding hydrogens is 144 g/mol. The first-order valence-electron chi connectivity index (χ1n) is 3.60. The molecule has 10 heavy (non-hydrogen) atoms. The van der Waals surface area contributed by atoms with E-state index in [2.05, 4.69) is 19.2 Å². The van der Waals surface area contributed by atoms with Gasteiger partial charge in [-0.25, -0.2) is 0 Å². The van der Waals surface area contributed by atoms with Crippen LogP contribution in [-0.2, 0) is 0 Å². The lowest BCUT2D eigenvalue weighted by atomic mass is 9.99. The topological polar surface area (TPSA) is 38.0 Å². The van der Waals surface area contributed by atoms with Crippen LogP contribution in [0.3, 0.4) is 0 Å². The summed E-state index contributed by atoms with van der Waals surface area (Å²) in [6.07, 6.45) is 2.62. The number of hydrogen-bond donors (Lipinski definition) is 2. The average molecular weight is 158 g/mol. The highest BCUT2D eigenvalue weighted by Gasteiger charge is 2.37. The van der Waals surface area contributed by atoms with Crippen molar-refractivity contribution in [3.8, 4) is 0 Å². The fourth-order valence-corrected chi connectivity index (χ4v) is 1.49. The van der Waals surface area contributed by atoms with Gasteiger partial charge in [0.15, 0.2) is 5.11 Å². The fourth-order valence-electron chi connectivity index (χ4n) is 1.22. The normalized spacial score (nSPS) is 18.6. The highest BCUT2D eigenvalue weighted by Crippen LogP contribution is 2.38. The molecule has 0 aromatic carbocycles. The molecule has 1 aliphatic carbocycles. The minimum absolute atomic E-state index is 0.117. The lowest BCUT2D eigenvalue weighted by Crippen LogP contribution is -2.47. The van der Waals surface area contributed by atoms with Crippen molar-refractivity contribution in [3.05, 3.63) is 0 Å². The van der Waals surface area contributed by atoms with E-state index in [0.717, 1.165) is 5.92 Å². The second-order valence-electron chi connectivity index (χ2n) is 3.49. The van der Waals surface area contributed by atoms with Crippen molar-refractivity contribution in [2.75, 3.05) is 0 Å². The Kier molecular flexibility index (Phi) is 1.86. The van der Waals surface area contributed by atoms with Crippen molar-refractivity contribution in [2.45, 2.75) is 32.2 Å². The average Bonchev–Trinajstić information content (AvgIpc) is 2.35. The van der Waals surface area contributed by atoms with Crippen LogP contribution in [-0.4, -0.2) is 10.7 Å². The molecule has 0 radical (unpaired) electrons. The quantitative estimate of drug-likeness (QED) is 0.589. The predicted molar refractivity (Wildman–Crippen MR) is 46.7 cm³/mol. The third-order valence-corrected chi connectivity index (χ3v) is 2.15. The minimum Gasteiger partial charge on any atom is -0.376 e. The smallest absolute Gasteiger partial charge is 0.164 e. The molecule has 58 valence electrons. The summed E-state index contributed by atoms with van der Waals surface area (Å²) >= 11 is 4.76. The Morgan fingerprint density at radius 2 is 2.10 bits per heavy atom. The summed E-state index contributed by atoms with van der Waals surface area (Å²) in [5, 5.41) is 3.50. The van der Waals surface area contributed by atoms with Gasteiger partial charge in [-0.3, -0.25) is 0 Å². The minimum atomic E-state index is 0.117. The van der Waals surface area contributed by atoms with Crippen molar-refractivity contribution >= 4 is 17.3 Å². The molecule has 0 aromatic heterocycles. The molecule has 0 spiro atoms. The number of thiocarbonyl (C=S) groups is 1. The van der Waals surface area contributed by atoms with Crippen LogP contribution >= 0.6 is 12.2 Å². The molecule has 0 aliphatic heterocycles. The molecule has 3 N–H and O–H groups in total. The molecular formula is C7H14N2S. The zero-order valence-corrected chi connectivity index (χ0v) is 7.29. The van der Waals surface area contributed by atoms with E-state index in [1.54, 1.807) is 0 Å². The Balaban J connectivity index is 2.41. The van der Waals surface area contributed by atoms with Crippen molar-refractivity contribution in [1.82, 2.24) is 5.32 Å². The number of hydrogen-bond acceptors (Lipinski definition) is 1. The van der Waals surface area contributed by atoms with Crippen LogP contribution in [0.4, 0.5) is 0 Å². The molecule has 1 fully saturated rings. The van der Waals surface area contributed by atoms with E-state index in [1.165, 1.54) is 12.8 Å². The van der Waals surface area contributed by atoms with Gasteiger partial charge in [0.2, 0.25) is 0 Å². The molecule has 3 heteroatoms. The third kappa shape index (κ3) is 1.84. The highest BCUT2D eigenvalue weighted by atomic mass is 32.1. The van der Waals surface area contributed by atoms with Crippen molar-refractivity contribution < 1.29 is 0 Å². The second kappa shape index (κ2) is 2.38. The summed E-state index contributed by atoms with van der Waals surface area (Å²) in [5.41, 5.74) is 5.48. The van der Waals surface area contributed by atoms with Crippen LogP contribution in [0, 0.1) is 5.92 Å². The largest absolute Gasteiger partial charge is 0.376 e. The zero-order chi connectivity index (χ0) is 7.78. The van der Waals surface area contributed by atoms with E-state index in [1.807, 2.05) is 0 Å². The van der Waals surface area contributed by atoms with Crippen molar-refractivity contribution in [3.63, 3.8) is 0 Å². The maximum Gasteiger partial charge on any atom is 0.164 e. The molecule has 0 unspecified atom stereocenters. The molecule has 0 saturated heterocycles. The van der Waals surface area contributed by atoms with Crippen LogP contribution in [0.2, 0.25) is 0 Å². The summed E-state index contributed by atoms with van der Waals surface area (Å²) in [7, 11) is 0. The molecule has 1 aliphatic rings. The van der Waals surface area contributed by atoms with E-state index in [4.69, 9.17) is 18.0 Å². The first-order valence-corrected chi connectivity index (χ1v) is 4.01. The van der Waals surface area contributed by atoms with Gasteiger partial charge >= 0.3 is 0 Å². The third-order valence-electron chi connectivity index (χ3n) is 2.04. The first kappa shape index (κ1) is 7.79. The van der Waals surface area contributed by atoms with Gasteiger partial charge in [-0.05, 0) is 44.8 Å². The van der Waals surface area contributed by atoms with E-state index >= 15 is 0 Å². The Hall–Kier alpha value is -0.310. The van der Waals surface area contributed by atoms with Gasteiger partial charge in [-0.1, -0.05) is 0 Å². The Morgan fingerprint density at radius 1 is 1.60 bits per heavy atom. The van der Waals surface area contributed by atoms with Crippen LogP contribution < -0.4 is 11.1 Å². The van der Waals surface area contributed by atoms with Gasteiger partial charge in [0.1, 0.15) is 0 Å². The number of nitrogens with two attached hydrogens (primary N) is 1. The van der Waals surface area contributed by atoms with Gasteiger partial charge in [-0.2, -0.15) is 0 Å². The highest BCUT2D eigenvalue weighted by molar-refractivity contribution is 7.80. The predicted octanol–water partition coefficient (Wildman–Crippen LogP) is 1.01. The maximum absolute atomic E-state index is 5.36. The summed E-state index contributed by atoms with van der Waals surface area (Å²) in [5.74, 6) is 0.772. The SMILES string of the molecule is CC(C)(NC(N)=S)C1CC1.